The summed E-state index contributed by atoms with van der Waals surface area (Å²) in [6.45, 7) is 2.02. The zero-order valence-corrected chi connectivity index (χ0v) is 9.75. The highest BCUT2D eigenvalue weighted by atomic mass is 16.2. The number of hydrogen-bond acceptors (Lipinski definition) is 1. The van der Waals surface area contributed by atoms with Crippen molar-refractivity contribution >= 4 is 5.91 Å². The molecule has 2 heterocycles. The molecule has 0 unspecified atom stereocenters. The van der Waals surface area contributed by atoms with E-state index < -0.39 is 0 Å². The monoisotopic (exact) mass is 215 g/mol. The Morgan fingerprint density at radius 2 is 1.94 bits per heavy atom. The molecule has 0 aromatic carbocycles. The number of carbonyl (C=O) groups excluding carboxylic acids is 1. The van der Waals surface area contributed by atoms with Crippen LogP contribution in [0.5, 0.6) is 0 Å². The maximum absolute atomic E-state index is 12.4. The van der Waals surface area contributed by atoms with Crippen molar-refractivity contribution in [3.05, 3.63) is 34.7 Å². The minimum absolute atomic E-state index is 0.251. The van der Waals surface area contributed by atoms with Crippen LogP contribution < -0.4 is 0 Å². The lowest BCUT2D eigenvalue weighted by Crippen LogP contribution is -2.23. The van der Waals surface area contributed by atoms with E-state index in [-0.39, 0.29) is 5.91 Å². The minimum atomic E-state index is 0.251. The number of rotatable bonds is 0. The van der Waals surface area contributed by atoms with Crippen LogP contribution in [-0.4, -0.2) is 10.5 Å². The van der Waals surface area contributed by atoms with E-state index in [0.717, 1.165) is 30.5 Å². The lowest BCUT2D eigenvalue weighted by Gasteiger charge is -2.21. The number of hydrogen-bond donors (Lipinski definition) is 0. The maximum Gasteiger partial charge on any atom is 0.258 e. The number of allylic oxidation sites excluding steroid dienone is 2. The molecule has 1 aromatic rings. The molecule has 0 N–H and O–H groups in total. The van der Waals surface area contributed by atoms with Crippen LogP contribution in [0.1, 0.15) is 48.3 Å². The minimum Gasteiger partial charge on any atom is -0.285 e. The fourth-order valence-electron chi connectivity index (χ4n) is 2.97. The van der Waals surface area contributed by atoms with Gasteiger partial charge in [-0.25, -0.2) is 0 Å². The van der Waals surface area contributed by atoms with E-state index in [1.807, 2.05) is 11.5 Å². The molecular formula is C14H17NO. The highest BCUT2D eigenvalue weighted by molar-refractivity contribution is 5.98. The predicted molar refractivity (Wildman–Crippen MR) is 63.6 cm³/mol. The van der Waals surface area contributed by atoms with E-state index in [4.69, 9.17) is 0 Å². The van der Waals surface area contributed by atoms with Gasteiger partial charge in [0.1, 0.15) is 0 Å². The molecule has 16 heavy (non-hydrogen) atoms. The predicted octanol–water partition coefficient (Wildman–Crippen LogP) is 3.25. The molecule has 2 heteroatoms. The highest BCUT2D eigenvalue weighted by Crippen LogP contribution is 2.32. The number of aromatic nitrogens is 1. The molecule has 0 fully saturated rings. The Kier molecular flexibility index (Phi) is 2.23. The van der Waals surface area contributed by atoms with Gasteiger partial charge in [-0.1, -0.05) is 12.0 Å². The van der Waals surface area contributed by atoms with E-state index >= 15 is 0 Å². The summed E-state index contributed by atoms with van der Waals surface area (Å²) >= 11 is 0. The molecule has 2 nitrogen and oxygen atoms in total. The Morgan fingerprint density at radius 3 is 2.81 bits per heavy atom. The number of carbonyl (C=O) groups is 1. The molecule has 0 saturated carbocycles. The average molecular weight is 215 g/mol. The second kappa shape index (κ2) is 3.62. The lowest BCUT2D eigenvalue weighted by atomic mass is 9.95. The van der Waals surface area contributed by atoms with Gasteiger partial charge < -0.3 is 0 Å². The van der Waals surface area contributed by atoms with Gasteiger partial charge in [0, 0.05) is 23.4 Å². The summed E-state index contributed by atoms with van der Waals surface area (Å²) in [5.74, 6) is 0.251. The Balaban J connectivity index is 2.07. The van der Waals surface area contributed by atoms with Crippen LogP contribution in [0.3, 0.4) is 0 Å². The number of nitrogens with zero attached hydrogens (tertiary/aromatic N) is 1. The van der Waals surface area contributed by atoms with Gasteiger partial charge in [-0.05, 0) is 44.7 Å². The van der Waals surface area contributed by atoms with Crippen LogP contribution in [0, 0.1) is 6.92 Å². The average Bonchev–Trinajstić information content (AvgIpc) is 2.51. The first kappa shape index (κ1) is 9.88. The summed E-state index contributed by atoms with van der Waals surface area (Å²) < 4.78 is 1.91. The molecule has 0 saturated heterocycles. The standard InChI is InChI=1S/C14H17NO/c1-10-7-8-12-9-11-5-3-2-4-6-13(11)14(16)15(10)12/h7-8H,2-6,9H2,1H3. The van der Waals surface area contributed by atoms with E-state index in [1.54, 1.807) is 0 Å². The van der Waals surface area contributed by atoms with E-state index in [2.05, 4.69) is 12.1 Å². The third kappa shape index (κ3) is 1.36. The van der Waals surface area contributed by atoms with Gasteiger partial charge in [0.15, 0.2) is 0 Å². The number of fused-ring (bicyclic) bond motifs is 1. The quantitative estimate of drug-likeness (QED) is 0.651. The van der Waals surface area contributed by atoms with Gasteiger partial charge in [-0.15, -0.1) is 0 Å². The Hall–Kier alpha value is -1.31. The van der Waals surface area contributed by atoms with E-state index in [0.29, 0.717) is 0 Å². The van der Waals surface area contributed by atoms with Crippen molar-refractivity contribution < 1.29 is 4.79 Å². The molecule has 1 aliphatic carbocycles. The first-order valence-electron chi connectivity index (χ1n) is 6.20. The summed E-state index contributed by atoms with van der Waals surface area (Å²) in [7, 11) is 0. The van der Waals surface area contributed by atoms with Crippen LogP contribution in [0.4, 0.5) is 0 Å². The van der Waals surface area contributed by atoms with Crippen molar-refractivity contribution in [3.63, 3.8) is 0 Å². The van der Waals surface area contributed by atoms with Crippen LogP contribution >= 0.6 is 0 Å². The van der Waals surface area contributed by atoms with Crippen molar-refractivity contribution in [1.29, 1.82) is 0 Å². The van der Waals surface area contributed by atoms with Crippen molar-refractivity contribution in [1.82, 2.24) is 4.57 Å². The van der Waals surface area contributed by atoms with Gasteiger partial charge in [0.05, 0.1) is 0 Å². The maximum atomic E-state index is 12.4. The van der Waals surface area contributed by atoms with Gasteiger partial charge in [0.2, 0.25) is 0 Å². The molecule has 0 radical (unpaired) electrons. The van der Waals surface area contributed by atoms with Gasteiger partial charge in [-0.3, -0.25) is 9.36 Å². The first-order valence-corrected chi connectivity index (χ1v) is 6.20. The smallest absolute Gasteiger partial charge is 0.258 e. The summed E-state index contributed by atoms with van der Waals surface area (Å²) in [5.41, 5.74) is 4.79. The molecule has 0 amide bonds. The molecule has 0 atom stereocenters. The largest absolute Gasteiger partial charge is 0.285 e. The normalized spacial score (nSPS) is 20.4. The fourth-order valence-corrected chi connectivity index (χ4v) is 2.97. The van der Waals surface area contributed by atoms with Crippen LogP contribution in [0.15, 0.2) is 23.3 Å². The van der Waals surface area contributed by atoms with Gasteiger partial charge in [-0.2, -0.15) is 0 Å². The van der Waals surface area contributed by atoms with E-state index in [9.17, 15) is 4.79 Å². The highest BCUT2D eigenvalue weighted by Gasteiger charge is 2.26. The molecule has 3 rings (SSSR count). The van der Waals surface area contributed by atoms with Crippen LogP contribution in [-0.2, 0) is 6.42 Å². The third-order valence-corrected chi connectivity index (χ3v) is 3.84. The third-order valence-electron chi connectivity index (χ3n) is 3.84. The summed E-state index contributed by atoms with van der Waals surface area (Å²) in [6.07, 6.45) is 6.83. The van der Waals surface area contributed by atoms with Crippen LogP contribution in [0.2, 0.25) is 0 Å². The second-order valence-corrected chi connectivity index (χ2v) is 4.93. The molecule has 1 aliphatic heterocycles. The van der Waals surface area contributed by atoms with Gasteiger partial charge >= 0.3 is 0 Å². The second-order valence-electron chi connectivity index (χ2n) is 4.93. The first-order chi connectivity index (χ1) is 7.77. The van der Waals surface area contributed by atoms with E-state index in [1.165, 1.54) is 30.5 Å². The zero-order valence-electron chi connectivity index (χ0n) is 9.75. The fraction of sp³-hybridized carbons (Fsp3) is 0.500. The molecular weight excluding hydrogens is 198 g/mol. The topological polar surface area (TPSA) is 22.0 Å². The van der Waals surface area contributed by atoms with Crippen molar-refractivity contribution in [2.75, 3.05) is 0 Å². The molecule has 2 aliphatic rings. The SMILES string of the molecule is Cc1ccc2n1C(=O)C1=C(CCCCC1)C2. The molecule has 1 aromatic heterocycles. The molecule has 84 valence electrons. The Labute approximate surface area is 96.0 Å². The summed E-state index contributed by atoms with van der Waals surface area (Å²) in [5, 5.41) is 0. The summed E-state index contributed by atoms with van der Waals surface area (Å²) in [4.78, 5) is 12.4. The van der Waals surface area contributed by atoms with Crippen molar-refractivity contribution in [2.45, 2.75) is 45.4 Å². The Bertz CT molecular complexity index is 479. The summed E-state index contributed by atoms with van der Waals surface area (Å²) in [6, 6.07) is 4.15. The number of aryl methyl sites for hydroxylation is 1. The molecule has 0 spiro atoms. The van der Waals surface area contributed by atoms with Crippen LogP contribution in [0.25, 0.3) is 0 Å². The molecule has 0 bridgehead atoms. The van der Waals surface area contributed by atoms with Gasteiger partial charge in [0.25, 0.3) is 5.91 Å². The lowest BCUT2D eigenvalue weighted by molar-refractivity contribution is 0.0940. The Morgan fingerprint density at radius 1 is 1.12 bits per heavy atom. The zero-order chi connectivity index (χ0) is 11.1. The van der Waals surface area contributed by atoms with Crippen molar-refractivity contribution in [3.8, 4) is 0 Å². The van der Waals surface area contributed by atoms with Crippen molar-refractivity contribution in [2.24, 2.45) is 0 Å².